The maximum Gasteiger partial charge on any atom is 0.266 e. The quantitative estimate of drug-likeness (QED) is 0.0368. The van der Waals surface area contributed by atoms with Crippen LogP contribution in [0.3, 0.4) is 0 Å². The maximum atomic E-state index is 12.5. The maximum absolute atomic E-state index is 12.5. The Morgan fingerprint density at radius 2 is 0.955 bits per heavy atom. The van der Waals surface area contributed by atoms with Crippen LogP contribution in [0, 0.1) is 0 Å². The molecule has 0 aliphatic carbocycles. The van der Waals surface area contributed by atoms with Gasteiger partial charge in [0.05, 0.1) is 17.9 Å². The van der Waals surface area contributed by atoms with E-state index in [-0.39, 0.29) is 5.91 Å². The second-order valence-corrected chi connectivity index (χ2v) is 14.7. The lowest BCUT2D eigenvalue weighted by Crippen LogP contribution is -2.47. The molecule has 0 bridgehead atoms. The Morgan fingerprint density at radius 1 is 0.591 bits per heavy atom. The van der Waals surface area contributed by atoms with Crippen LogP contribution in [0.1, 0.15) is 200 Å². The van der Waals surface area contributed by atoms with Gasteiger partial charge in [-0.05, 0) is 38.5 Å². The fourth-order valence-electron chi connectivity index (χ4n) is 5.86. The number of aliphatic hydroxyl groups is 1. The molecule has 0 radical (unpaired) electrons. The molecule has 262 valence electrons. The summed E-state index contributed by atoms with van der Waals surface area (Å²) in [6.45, 7) is 4.50. The molecule has 0 aliphatic heterocycles. The van der Waals surface area contributed by atoms with Gasteiger partial charge in [0, 0.05) is 6.42 Å². The van der Waals surface area contributed by atoms with Gasteiger partial charge in [0.15, 0.2) is 0 Å². The molecule has 0 aromatic heterocycles. The number of carbonyl (C=O) groups excluding carboxylic acids is 1. The first kappa shape index (κ1) is 43.1. The van der Waals surface area contributed by atoms with Gasteiger partial charge in [0.1, 0.15) is 0 Å². The van der Waals surface area contributed by atoms with Crippen molar-refractivity contribution in [3.63, 3.8) is 0 Å². The van der Waals surface area contributed by atoms with Crippen LogP contribution in [0.5, 0.6) is 0 Å². The summed E-state index contributed by atoms with van der Waals surface area (Å²) in [6.07, 6.45) is 37.2. The minimum atomic E-state index is -4.30. The van der Waals surface area contributed by atoms with Gasteiger partial charge >= 0.3 is 0 Å². The smallest absolute Gasteiger partial charge is 0.266 e. The predicted molar refractivity (Wildman–Crippen MR) is 189 cm³/mol. The number of hydrogen-bond acceptors (Lipinski definition) is 4. The third-order valence-corrected chi connectivity index (χ3v) is 9.50. The lowest BCUT2D eigenvalue weighted by Gasteiger charge is -2.23. The van der Waals surface area contributed by atoms with Gasteiger partial charge < -0.3 is 10.4 Å². The summed E-state index contributed by atoms with van der Waals surface area (Å²) >= 11 is 0. The van der Waals surface area contributed by atoms with Crippen molar-refractivity contribution in [2.45, 2.75) is 212 Å². The first-order valence-electron chi connectivity index (χ1n) is 18.9. The van der Waals surface area contributed by atoms with Gasteiger partial charge in [0.2, 0.25) is 5.91 Å². The molecule has 0 saturated heterocycles. The molecule has 2 atom stereocenters. The summed E-state index contributed by atoms with van der Waals surface area (Å²) in [5, 5.41) is 13.3. The highest BCUT2D eigenvalue weighted by Gasteiger charge is 2.26. The summed E-state index contributed by atoms with van der Waals surface area (Å²) in [5.74, 6) is -0.902. The number of nitrogens with one attached hydrogen (secondary N) is 1. The van der Waals surface area contributed by atoms with E-state index in [0.29, 0.717) is 12.8 Å². The number of hydrogen-bond donors (Lipinski definition) is 3. The summed E-state index contributed by atoms with van der Waals surface area (Å²) in [6, 6.07) is -0.970. The zero-order valence-corrected chi connectivity index (χ0v) is 29.9. The number of unbranched alkanes of at least 4 members (excludes halogenated alkanes) is 24. The molecule has 0 saturated carbocycles. The molecule has 0 fully saturated rings. The first-order chi connectivity index (χ1) is 21.3. The van der Waals surface area contributed by atoms with Crippen LogP contribution in [0.25, 0.3) is 0 Å². The van der Waals surface area contributed by atoms with Gasteiger partial charge in [-0.2, -0.15) is 8.42 Å². The topological polar surface area (TPSA) is 104 Å². The molecule has 0 aromatic carbocycles. The molecule has 6 nitrogen and oxygen atoms in total. The highest BCUT2D eigenvalue weighted by atomic mass is 32.2. The van der Waals surface area contributed by atoms with E-state index in [9.17, 15) is 22.9 Å². The Bertz CT molecular complexity index is 755. The van der Waals surface area contributed by atoms with Gasteiger partial charge in [-0.3, -0.25) is 9.35 Å². The van der Waals surface area contributed by atoms with Crippen LogP contribution in [-0.2, 0) is 14.9 Å². The third kappa shape index (κ3) is 32.5. The second-order valence-electron chi connectivity index (χ2n) is 13.2. The number of amides is 1. The predicted octanol–water partition coefficient (Wildman–Crippen LogP) is 10.6. The lowest BCUT2D eigenvalue weighted by atomic mass is 10.0. The lowest BCUT2D eigenvalue weighted by molar-refractivity contribution is -0.122. The van der Waals surface area contributed by atoms with Crippen molar-refractivity contribution in [3.8, 4) is 0 Å². The summed E-state index contributed by atoms with van der Waals surface area (Å²) < 4.78 is 32.4. The van der Waals surface area contributed by atoms with Crippen LogP contribution in [0.2, 0.25) is 0 Å². The van der Waals surface area contributed by atoms with Crippen molar-refractivity contribution in [2.75, 3.05) is 5.75 Å². The summed E-state index contributed by atoms with van der Waals surface area (Å²) in [4.78, 5) is 12.5. The second kappa shape index (κ2) is 32.0. The standard InChI is InChI=1S/C37H73NO5S/c1-3-5-7-9-11-13-15-17-18-19-21-22-24-26-28-30-32-36(39)35(34-44(41,42)43)38-37(40)33-31-29-27-25-23-20-16-14-12-10-8-6-4-2/h14,16,35-36,39H,3-13,15,17-34H2,1-2H3,(H,38,40)(H,41,42,43)/b16-14-. The molecule has 2 unspecified atom stereocenters. The fourth-order valence-corrected chi connectivity index (χ4v) is 6.62. The highest BCUT2D eigenvalue weighted by Crippen LogP contribution is 2.16. The van der Waals surface area contributed by atoms with Gasteiger partial charge in [0.25, 0.3) is 10.1 Å². The van der Waals surface area contributed by atoms with E-state index < -0.39 is 28.0 Å². The van der Waals surface area contributed by atoms with E-state index in [0.717, 1.165) is 51.4 Å². The van der Waals surface area contributed by atoms with E-state index in [1.807, 2.05) is 0 Å². The number of carbonyl (C=O) groups is 1. The van der Waals surface area contributed by atoms with Crippen LogP contribution in [0.4, 0.5) is 0 Å². The third-order valence-electron chi connectivity index (χ3n) is 8.72. The van der Waals surface area contributed by atoms with Gasteiger partial charge in [-0.25, -0.2) is 0 Å². The molecular weight excluding hydrogens is 570 g/mol. The summed E-state index contributed by atoms with van der Waals surface area (Å²) in [5.41, 5.74) is 0. The number of allylic oxidation sites excluding steroid dienone is 2. The summed E-state index contributed by atoms with van der Waals surface area (Å²) in [7, 11) is -4.30. The minimum absolute atomic E-state index is 0.254. The Hall–Kier alpha value is -0.920. The van der Waals surface area contributed by atoms with Gasteiger partial charge in [-0.15, -0.1) is 0 Å². The van der Waals surface area contributed by atoms with E-state index >= 15 is 0 Å². The van der Waals surface area contributed by atoms with Crippen LogP contribution in [-0.4, -0.2) is 41.9 Å². The average Bonchev–Trinajstić information content (AvgIpc) is 2.98. The SMILES string of the molecule is CCCCCC/C=C\CCCCCCCC(=O)NC(CS(=O)(=O)O)C(O)CCCCCCCCCCCCCCCCCC. The highest BCUT2D eigenvalue weighted by molar-refractivity contribution is 7.85. The van der Waals surface area contributed by atoms with Crippen molar-refractivity contribution in [1.82, 2.24) is 5.32 Å². The molecule has 0 spiro atoms. The number of aliphatic hydroxyl groups excluding tert-OH is 1. The first-order valence-corrected chi connectivity index (χ1v) is 20.5. The molecule has 0 heterocycles. The Kier molecular flexibility index (Phi) is 31.4. The Morgan fingerprint density at radius 3 is 1.39 bits per heavy atom. The zero-order valence-electron chi connectivity index (χ0n) is 29.1. The minimum Gasteiger partial charge on any atom is -0.391 e. The monoisotopic (exact) mass is 644 g/mol. The van der Waals surface area contributed by atoms with E-state index in [4.69, 9.17) is 0 Å². The van der Waals surface area contributed by atoms with Crippen molar-refractivity contribution < 1.29 is 22.9 Å². The molecule has 0 aromatic rings. The van der Waals surface area contributed by atoms with Gasteiger partial charge in [-0.1, -0.05) is 167 Å². The van der Waals surface area contributed by atoms with Crippen molar-refractivity contribution >= 4 is 16.0 Å². The van der Waals surface area contributed by atoms with Crippen LogP contribution in [0.15, 0.2) is 12.2 Å². The largest absolute Gasteiger partial charge is 0.391 e. The van der Waals surface area contributed by atoms with Crippen molar-refractivity contribution in [3.05, 3.63) is 12.2 Å². The average molecular weight is 644 g/mol. The normalized spacial score (nSPS) is 13.5. The molecule has 44 heavy (non-hydrogen) atoms. The molecule has 0 aliphatic rings. The molecule has 3 N–H and O–H groups in total. The van der Waals surface area contributed by atoms with E-state index in [2.05, 4.69) is 31.3 Å². The van der Waals surface area contributed by atoms with E-state index in [1.165, 1.54) is 122 Å². The molecule has 1 amide bonds. The molecule has 0 rings (SSSR count). The fraction of sp³-hybridized carbons (Fsp3) is 0.919. The number of rotatable bonds is 34. The molecule has 7 heteroatoms. The van der Waals surface area contributed by atoms with Crippen molar-refractivity contribution in [1.29, 1.82) is 0 Å². The van der Waals surface area contributed by atoms with Crippen molar-refractivity contribution in [2.24, 2.45) is 0 Å². The van der Waals surface area contributed by atoms with Crippen LogP contribution >= 0.6 is 0 Å². The van der Waals surface area contributed by atoms with Crippen LogP contribution < -0.4 is 5.32 Å². The zero-order chi connectivity index (χ0) is 32.6. The Labute approximate surface area is 273 Å². The van der Waals surface area contributed by atoms with E-state index in [1.54, 1.807) is 0 Å². The Balaban J connectivity index is 3.90. The molecular formula is C37H73NO5S.